The number of nitrogens with one attached hydrogen (secondary N) is 1. The molecule has 1 heterocycles. The Morgan fingerprint density at radius 2 is 1.70 bits per heavy atom. The van der Waals surface area contributed by atoms with Crippen molar-refractivity contribution in [2.75, 3.05) is 32.7 Å². The molecular weight excluding hydrogens is 250 g/mol. The smallest absolute Gasteiger partial charge is 0.222 e. The summed E-state index contributed by atoms with van der Waals surface area (Å²) in [5.74, 6) is 0.738. The van der Waals surface area contributed by atoms with Crippen molar-refractivity contribution in [3.63, 3.8) is 0 Å². The number of nitrogens with zero attached hydrogens (tertiary/aromatic N) is 2. The standard InChI is InChI=1S/C16H31N3O/c1-12(2)15(17-16(20)13(3)4)11-18-7-9-19(10-8-18)14-5-6-14/h12-15H,5-11H2,1-4H3,(H,17,20)/t15-/m1/s1. The average molecular weight is 281 g/mol. The van der Waals surface area contributed by atoms with Gasteiger partial charge in [0.25, 0.3) is 0 Å². The predicted octanol–water partition coefficient (Wildman–Crippen LogP) is 1.56. The summed E-state index contributed by atoms with van der Waals surface area (Å²) in [6.45, 7) is 14.0. The Morgan fingerprint density at radius 3 is 2.15 bits per heavy atom. The number of piperazine rings is 1. The van der Waals surface area contributed by atoms with Gasteiger partial charge in [0, 0.05) is 50.7 Å². The van der Waals surface area contributed by atoms with Crippen molar-refractivity contribution < 1.29 is 4.79 Å². The molecule has 4 nitrogen and oxygen atoms in total. The van der Waals surface area contributed by atoms with Gasteiger partial charge >= 0.3 is 0 Å². The summed E-state index contributed by atoms with van der Waals surface area (Å²) in [5.41, 5.74) is 0. The van der Waals surface area contributed by atoms with Gasteiger partial charge in [-0.15, -0.1) is 0 Å². The lowest BCUT2D eigenvalue weighted by atomic mass is 10.0. The normalized spacial score (nSPS) is 23.3. The lowest BCUT2D eigenvalue weighted by Crippen LogP contribution is -2.53. The highest BCUT2D eigenvalue weighted by molar-refractivity contribution is 5.78. The number of carbonyl (C=O) groups excluding carboxylic acids is 1. The molecule has 2 aliphatic rings. The third kappa shape index (κ3) is 4.45. The molecule has 0 unspecified atom stereocenters. The summed E-state index contributed by atoms with van der Waals surface area (Å²) in [7, 11) is 0. The molecule has 0 spiro atoms. The van der Waals surface area contributed by atoms with Gasteiger partial charge in [0.05, 0.1) is 0 Å². The Labute approximate surface area is 123 Å². The van der Waals surface area contributed by atoms with E-state index >= 15 is 0 Å². The molecule has 0 aromatic heterocycles. The van der Waals surface area contributed by atoms with Crippen LogP contribution in [0.5, 0.6) is 0 Å². The van der Waals surface area contributed by atoms with E-state index in [2.05, 4.69) is 29.0 Å². The highest BCUT2D eigenvalue weighted by Gasteiger charge is 2.32. The molecule has 1 aliphatic carbocycles. The van der Waals surface area contributed by atoms with Crippen LogP contribution in [0.25, 0.3) is 0 Å². The first-order valence-electron chi connectivity index (χ1n) is 8.24. The summed E-state index contributed by atoms with van der Waals surface area (Å²) in [4.78, 5) is 17.1. The van der Waals surface area contributed by atoms with Crippen LogP contribution in [-0.2, 0) is 4.79 Å². The van der Waals surface area contributed by atoms with E-state index in [0.29, 0.717) is 5.92 Å². The summed E-state index contributed by atoms with van der Waals surface area (Å²) in [5, 5.41) is 3.22. The zero-order valence-corrected chi connectivity index (χ0v) is 13.6. The summed E-state index contributed by atoms with van der Waals surface area (Å²) in [6.07, 6.45) is 2.80. The fourth-order valence-electron chi connectivity index (χ4n) is 2.80. The maximum absolute atomic E-state index is 11.9. The third-order valence-corrected chi connectivity index (χ3v) is 4.58. The number of rotatable bonds is 6. The fraction of sp³-hybridized carbons (Fsp3) is 0.938. The van der Waals surface area contributed by atoms with Crippen LogP contribution in [0.15, 0.2) is 0 Å². The molecule has 0 aromatic rings. The monoisotopic (exact) mass is 281 g/mol. The van der Waals surface area contributed by atoms with Crippen LogP contribution in [0.4, 0.5) is 0 Å². The van der Waals surface area contributed by atoms with E-state index in [-0.39, 0.29) is 17.9 Å². The molecule has 1 aliphatic heterocycles. The van der Waals surface area contributed by atoms with Gasteiger partial charge < -0.3 is 5.32 Å². The molecule has 116 valence electrons. The van der Waals surface area contributed by atoms with Crippen molar-refractivity contribution in [2.45, 2.75) is 52.6 Å². The number of carbonyl (C=O) groups is 1. The molecule has 2 fully saturated rings. The van der Waals surface area contributed by atoms with Crippen LogP contribution in [0.2, 0.25) is 0 Å². The highest BCUT2D eigenvalue weighted by Crippen LogP contribution is 2.27. The largest absolute Gasteiger partial charge is 0.352 e. The number of hydrogen-bond donors (Lipinski definition) is 1. The highest BCUT2D eigenvalue weighted by atomic mass is 16.1. The van der Waals surface area contributed by atoms with Crippen LogP contribution in [-0.4, -0.2) is 60.5 Å². The topological polar surface area (TPSA) is 35.6 Å². The quantitative estimate of drug-likeness (QED) is 0.802. The van der Waals surface area contributed by atoms with Crippen LogP contribution in [0.3, 0.4) is 0 Å². The van der Waals surface area contributed by atoms with Crippen LogP contribution in [0.1, 0.15) is 40.5 Å². The minimum atomic E-state index is 0.0722. The molecule has 4 heteroatoms. The van der Waals surface area contributed by atoms with Gasteiger partial charge in [-0.25, -0.2) is 0 Å². The lowest BCUT2D eigenvalue weighted by molar-refractivity contribution is -0.125. The zero-order chi connectivity index (χ0) is 14.7. The van der Waals surface area contributed by atoms with E-state index in [1.54, 1.807) is 0 Å². The van der Waals surface area contributed by atoms with E-state index in [9.17, 15) is 4.79 Å². The van der Waals surface area contributed by atoms with Gasteiger partial charge in [-0.05, 0) is 18.8 Å². The van der Waals surface area contributed by atoms with Crippen molar-refractivity contribution in [3.05, 3.63) is 0 Å². The maximum atomic E-state index is 11.9. The van der Waals surface area contributed by atoms with E-state index in [1.807, 2.05) is 13.8 Å². The second kappa shape index (κ2) is 6.90. The molecule has 1 saturated carbocycles. The molecular formula is C16H31N3O. The van der Waals surface area contributed by atoms with Crippen LogP contribution in [0, 0.1) is 11.8 Å². The van der Waals surface area contributed by atoms with Gasteiger partial charge in [0.1, 0.15) is 0 Å². The maximum Gasteiger partial charge on any atom is 0.222 e. The summed E-state index contributed by atoms with van der Waals surface area (Å²) in [6, 6.07) is 1.16. The molecule has 1 atom stereocenters. The van der Waals surface area contributed by atoms with E-state index < -0.39 is 0 Å². The van der Waals surface area contributed by atoms with Crippen molar-refractivity contribution in [1.29, 1.82) is 0 Å². The third-order valence-electron chi connectivity index (χ3n) is 4.58. The minimum absolute atomic E-state index is 0.0722. The Kier molecular flexibility index (Phi) is 5.44. The molecule has 2 rings (SSSR count). The molecule has 20 heavy (non-hydrogen) atoms. The van der Waals surface area contributed by atoms with Gasteiger partial charge in [-0.1, -0.05) is 27.7 Å². The van der Waals surface area contributed by atoms with Crippen molar-refractivity contribution >= 4 is 5.91 Å². The first kappa shape index (κ1) is 15.8. The van der Waals surface area contributed by atoms with Crippen molar-refractivity contribution in [3.8, 4) is 0 Å². The Morgan fingerprint density at radius 1 is 1.10 bits per heavy atom. The zero-order valence-electron chi connectivity index (χ0n) is 13.6. The second-order valence-electron chi connectivity index (χ2n) is 7.08. The number of hydrogen-bond acceptors (Lipinski definition) is 3. The van der Waals surface area contributed by atoms with Gasteiger partial charge in [-0.2, -0.15) is 0 Å². The second-order valence-corrected chi connectivity index (χ2v) is 7.08. The van der Waals surface area contributed by atoms with Crippen molar-refractivity contribution in [1.82, 2.24) is 15.1 Å². The SMILES string of the molecule is CC(C)C(=O)N[C@H](CN1CCN(C2CC2)CC1)C(C)C. The summed E-state index contributed by atoms with van der Waals surface area (Å²) >= 11 is 0. The molecule has 1 saturated heterocycles. The first-order chi connectivity index (χ1) is 9.47. The molecule has 1 amide bonds. The summed E-state index contributed by atoms with van der Waals surface area (Å²) < 4.78 is 0. The first-order valence-corrected chi connectivity index (χ1v) is 8.24. The van der Waals surface area contributed by atoms with Gasteiger partial charge in [-0.3, -0.25) is 14.6 Å². The van der Waals surface area contributed by atoms with Crippen molar-refractivity contribution in [2.24, 2.45) is 11.8 Å². The fourth-order valence-corrected chi connectivity index (χ4v) is 2.80. The predicted molar refractivity (Wildman–Crippen MR) is 82.6 cm³/mol. The van der Waals surface area contributed by atoms with Crippen LogP contribution >= 0.6 is 0 Å². The molecule has 1 N–H and O–H groups in total. The average Bonchev–Trinajstić information content (AvgIpc) is 3.22. The number of amides is 1. The molecule has 0 bridgehead atoms. The van der Waals surface area contributed by atoms with Gasteiger partial charge in [0.2, 0.25) is 5.91 Å². The minimum Gasteiger partial charge on any atom is -0.352 e. The molecule has 0 aromatic carbocycles. The van der Waals surface area contributed by atoms with Gasteiger partial charge in [0.15, 0.2) is 0 Å². The van der Waals surface area contributed by atoms with E-state index in [0.717, 1.165) is 25.7 Å². The lowest BCUT2D eigenvalue weighted by Gasteiger charge is -2.37. The van der Waals surface area contributed by atoms with E-state index in [1.165, 1.54) is 25.9 Å². The van der Waals surface area contributed by atoms with Crippen LogP contribution < -0.4 is 5.32 Å². The Bertz CT molecular complexity index is 318. The Balaban J connectivity index is 1.77. The van der Waals surface area contributed by atoms with E-state index in [4.69, 9.17) is 0 Å². The Hall–Kier alpha value is -0.610. The molecule has 0 radical (unpaired) electrons.